The van der Waals surface area contributed by atoms with E-state index in [2.05, 4.69) is 4.74 Å². The van der Waals surface area contributed by atoms with E-state index in [0.29, 0.717) is 11.3 Å². The zero-order valence-corrected chi connectivity index (χ0v) is 6.78. The molecular formula is C9H10NO2. The molecule has 0 fully saturated rings. The van der Waals surface area contributed by atoms with Crippen LogP contribution in [0.5, 0.6) is 0 Å². The third-order valence-electron chi connectivity index (χ3n) is 1.41. The van der Waals surface area contributed by atoms with Gasteiger partial charge in [0.15, 0.2) is 0 Å². The van der Waals surface area contributed by atoms with Crippen molar-refractivity contribution in [2.75, 3.05) is 5.73 Å². The van der Waals surface area contributed by atoms with Crippen molar-refractivity contribution >= 4 is 11.7 Å². The number of anilines is 1. The van der Waals surface area contributed by atoms with Crippen molar-refractivity contribution in [3.63, 3.8) is 0 Å². The smallest absolute Gasteiger partial charge is 0.340 e. The highest BCUT2D eigenvalue weighted by atomic mass is 16.5. The number of para-hydroxylation sites is 1. The molecule has 0 aliphatic heterocycles. The van der Waals surface area contributed by atoms with Crippen LogP contribution >= 0.6 is 0 Å². The number of rotatable bonds is 2. The Hall–Kier alpha value is -1.51. The van der Waals surface area contributed by atoms with E-state index in [0.717, 1.165) is 0 Å². The normalized spacial score (nSPS) is 9.42. The minimum Gasteiger partial charge on any atom is -0.455 e. The van der Waals surface area contributed by atoms with Crippen molar-refractivity contribution in [2.45, 2.75) is 6.92 Å². The van der Waals surface area contributed by atoms with Crippen LogP contribution in [0.1, 0.15) is 17.3 Å². The van der Waals surface area contributed by atoms with E-state index in [1.54, 1.807) is 31.2 Å². The predicted molar refractivity (Wildman–Crippen MR) is 46.2 cm³/mol. The van der Waals surface area contributed by atoms with E-state index < -0.39 is 5.97 Å². The fraction of sp³-hybridized carbons (Fsp3) is 0.111. The van der Waals surface area contributed by atoms with Gasteiger partial charge in [0, 0.05) is 5.69 Å². The number of nitrogens with two attached hydrogens (primary N) is 1. The van der Waals surface area contributed by atoms with Gasteiger partial charge in [0.05, 0.1) is 5.56 Å². The number of hydrogen-bond acceptors (Lipinski definition) is 3. The first kappa shape index (κ1) is 8.59. The largest absolute Gasteiger partial charge is 0.455 e. The van der Waals surface area contributed by atoms with Crippen molar-refractivity contribution < 1.29 is 9.53 Å². The molecule has 0 saturated heterocycles. The van der Waals surface area contributed by atoms with Crippen LogP contribution in [0.15, 0.2) is 24.3 Å². The summed E-state index contributed by atoms with van der Waals surface area (Å²) in [6.45, 7) is 2.96. The van der Waals surface area contributed by atoms with Gasteiger partial charge in [-0.1, -0.05) is 12.1 Å². The second kappa shape index (κ2) is 3.76. The van der Waals surface area contributed by atoms with Crippen LogP contribution in [0, 0.1) is 6.61 Å². The third-order valence-corrected chi connectivity index (χ3v) is 1.41. The highest BCUT2D eigenvalue weighted by Gasteiger charge is 2.08. The first-order valence-electron chi connectivity index (χ1n) is 3.59. The third kappa shape index (κ3) is 1.75. The highest BCUT2D eigenvalue weighted by molar-refractivity contribution is 5.95. The molecule has 0 spiro atoms. The molecule has 1 aromatic carbocycles. The Bertz CT molecular complexity index is 284. The van der Waals surface area contributed by atoms with E-state index in [9.17, 15) is 4.79 Å². The van der Waals surface area contributed by atoms with Crippen molar-refractivity contribution in [1.29, 1.82) is 0 Å². The van der Waals surface area contributed by atoms with Gasteiger partial charge >= 0.3 is 5.97 Å². The van der Waals surface area contributed by atoms with Crippen LogP contribution in [-0.4, -0.2) is 5.97 Å². The molecule has 3 heteroatoms. The van der Waals surface area contributed by atoms with Gasteiger partial charge < -0.3 is 10.5 Å². The second-order valence-corrected chi connectivity index (χ2v) is 2.23. The molecule has 12 heavy (non-hydrogen) atoms. The lowest BCUT2D eigenvalue weighted by Crippen LogP contribution is -2.05. The molecule has 0 aliphatic carbocycles. The van der Waals surface area contributed by atoms with Crippen LogP contribution in [0.25, 0.3) is 0 Å². The van der Waals surface area contributed by atoms with Gasteiger partial charge in [0.25, 0.3) is 0 Å². The molecule has 0 aromatic heterocycles. The lowest BCUT2D eigenvalue weighted by molar-refractivity contribution is 0.0614. The maximum atomic E-state index is 11.1. The highest BCUT2D eigenvalue weighted by Crippen LogP contribution is 2.11. The van der Waals surface area contributed by atoms with Gasteiger partial charge in [-0.3, -0.25) is 0 Å². The van der Waals surface area contributed by atoms with E-state index in [1.807, 2.05) is 0 Å². The number of carbonyl (C=O) groups is 1. The molecule has 3 nitrogen and oxygen atoms in total. The lowest BCUT2D eigenvalue weighted by atomic mass is 10.2. The van der Waals surface area contributed by atoms with Crippen molar-refractivity contribution in [3.8, 4) is 0 Å². The Morgan fingerprint density at radius 3 is 2.75 bits per heavy atom. The molecule has 0 amide bonds. The predicted octanol–water partition coefficient (Wildman–Crippen LogP) is 1.61. The number of esters is 1. The summed E-state index contributed by atoms with van der Waals surface area (Å²) in [7, 11) is 0. The minimum absolute atomic E-state index is 0.399. The summed E-state index contributed by atoms with van der Waals surface area (Å²) in [5.41, 5.74) is 6.37. The van der Waals surface area contributed by atoms with Gasteiger partial charge in [-0.2, -0.15) is 0 Å². The van der Waals surface area contributed by atoms with Crippen LogP contribution in [-0.2, 0) is 4.74 Å². The summed E-state index contributed by atoms with van der Waals surface area (Å²) in [6, 6.07) is 6.79. The summed E-state index contributed by atoms with van der Waals surface area (Å²) in [5.74, 6) is -0.421. The van der Waals surface area contributed by atoms with Crippen LogP contribution in [0.3, 0.4) is 0 Å². The molecule has 1 radical (unpaired) electrons. The maximum absolute atomic E-state index is 11.1. The molecule has 0 bridgehead atoms. The van der Waals surface area contributed by atoms with E-state index in [1.165, 1.54) is 6.61 Å². The summed E-state index contributed by atoms with van der Waals surface area (Å²) >= 11 is 0. The summed E-state index contributed by atoms with van der Waals surface area (Å²) in [6.07, 6.45) is 0. The second-order valence-electron chi connectivity index (χ2n) is 2.23. The van der Waals surface area contributed by atoms with Crippen molar-refractivity contribution in [2.24, 2.45) is 0 Å². The molecule has 63 valence electrons. The molecular weight excluding hydrogens is 154 g/mol. The van der Waals surface area contributed by atoms with Crippen molar-refractivity contribution in [3.05, 3.63) is 36.4 Å². The minimum atomic E-state index is -0.421. The number of nitrogen functional groups attached to an aromatic ring is 1. The zero-order valence-electron chi connectivity index (χ0n) is 6.78. The van der Waals surface area contributed by atoms with Crippen LogP contribution in [0.2, 0.25) is 0 Å². The zero-order chi connectivity index (χ0) is 8.97. The Morgan fingerprint density at radius 1 is 1.50 bits per heavy atom. The average Bonchev–Trinajstić information content (AvgIpc) is 2.05. The molecule has 0 atom stereocenters. The lowest BCUT2D eigenvalue weighted by Gasteiger charge is -2.02. The van der Waals surface area contributed by atoms with Gasteiger partial charge in [-0.25, -0.2) is 4.79 Å². The van der Waals surface area contributed by atoms with E-state index >= 15 is 0 Å². The summed E-state index contributed by atoms with van der Waals surface area (Å²) < 4.78 is 4.66. The fourth-order valence-corrected chi connectivity index (χ4v) is 0.853. The first-order valence-corrected chi connectivity index (χ1v) is 3.59. The molecule has 1 rings (SSSR count). The number of benzene rings is 1. The van der Waals surface area contributed by atoms with Crippen molar-refractivity contribution in [1.82, 2.24) is 0 Å². The van der Waals surface area contributed by atoms with E-state index in [4.69, 9.17) is 5.73 Å². The van der Waals surface area contributed by atoms with Gasteiger partial charge in [0.1, 0.15) is 6.61 Å². The topological polar surface area (TPSA) is 52.3 Å². The molecule has 2 N–H and O–H groups in total. The Kier molecular flexibility index (Phi) is 2.69. The van der Waals surface area contributed by atoms with Gasteiger partial charge in [-0.15, -0.1) is 0 Å². The molecule has 0 saturated carbocycles. The van der Waals surface area contributed by atoms with E-state index in [-0.39, 0.29) is 0 Å². The van der Waals surface area contributed by atoms with Crippen LogP contribution < -0.4 is 5.73 Å². The summed E-state index contributed by atoms with van der Waals surface area (Å²) in [4.78, 5) is 11.1. The van der Waals surface area contributed by atoms with Gasteiger partial charge in [0.2, 0.25) is 0 Å². The fourth-order valence-electron chi connectivity index (χ4n) is 0.853. The average molecular weight is 164 g/mol. The Labute approximate surface area is 71.1 Å². The van der Waals surface area contributed by atoms with Crippen LogP contribution in [0.4, 0.5) is 5.69 Å². The Morgan fingerprint density at radius 2 is 2.17 bits per heavy atom. The first-order chi connectivity index (χ1) is 5.75. The molecule has 0 unspecified atom stereocenters. The SMILES string of the molecule is C[CH]OC(=O)c1ccccc1N. The number of hydrogen-bond donors (Lipinski definition) is 1. The summed E-state index contributed by atoms with van der Waals surface area (Å²) in [5, 5.41) is 0. The quantitative estimate of drug-likeness (QED) is 0.533. The number of ether oxygens (including phenoxy) is 1. The maximum Gasteiger partial charge on any atom is 0.340 e. The molecule has 0 heterocycles. The monoisotopic (exact) mass is 164 g/mol. The standard InChI is InChI=1S/C9H10NO2/c1-2-12-9(11)7-5-3-4-6-8(7)10/h2-6H,10H2,1H3. The molecule has 1 aromatic rings. The Balaban J connectivity index is 2.87. The molecule has 0 aliphatic rings. The number of carbonyl (C=O) groups excluding carboxylic acids is 1. The van der Waals surface area contributed by atoms with Gasteiger partial charge in [-0.05, 0) is 19.1 Å².